The van der Waals surface area contributed by atoms with Crippen LogP contribution >= 0.6 is 0 Å². The summed E-state index contributed by atoms with van der Waals surface area (Å²) >= 11 is 0. The fourth-order valence-corrected chi connectivity index (χ4v) is 1.68. The second-order valence-electron chi connectivity index (χ2n) is 3.76. The first kappa shape index (κ1) is 11.3. The Labute approximate surface area is 97.3 Å². The van der Waals surface area contributed by atoms with Gasteiger partial charge >= 0.3 is 5.97 Å². The number of carbonyl (C=O) groups is 1. The summed E-state index contributed by atoms with van der Waals surface area (Å²) in [5.74, 6) is -1.38. The van der Waals surface area contributed by atoms with E-state index in [0.717, 1.165) is 0 Å². The average Bonchev–Trinajstić information content (AvgIpc) is 2.64. The van der Waals surface area contributed by atoms with Gasteiger partial charge in [-0.1, -0.05) is 12.1 Å². The van der Waals surface area contributed by atoms with Crippen LogP contribution in [0.3, 0.4) is 0 Å². The second-order valence-corrected chi connectivity index (χ2v) is 3.76. The molecule has 0 spiro atoms. The van der Waals surface area contributed by atoms with Crippen molar-refractivity contribution < 1.29 is 14.3 Å². The minimum Gasteiger partial charge on any atom is -0.477 e. The van der Waals surface area contributed by atoms with Crippen molar-refractivity contribution in [3.05, 3.63) is 41.3 Å². The summed E-state index contributed by atoms with van der Waals surface area (Å²) < 4.78 is 14.6. The van der Waals surface area contributed by atoms with Gasteiger partial charge in [0.05, 0.1) is 5.69 Å². The number of rotatable bonds is 2. The van der Waals surface area contributed by atoms with Gasteiger partial charge in [0, 0.05) is 12.6 Å². The van der Waals surface area contributed by atoms with Crippen LogP contribution in [0, 0.1) is 12.7 Å². The Kier molecular flexibility index (Phi) is 2.67. The molecule has 0 radical (unpaired) electrons. The predicted molar refractivity (Wildman–Crippen MR) is 60.3 cm³/mol. The molecule has 1 N–H and O–H groups in total. The van der Waals surface area contributed by atoms with Gasteiger partial charge < -0.3 is 5.11 Å². The zero-order chi connectivity index (χ0) is 12.6. The summed E-state index contributed by atoms with van der Waals surface area (Å²) in [6.45, 7) is 1.64. The van der Waals surface area contributed by atoms with Crippen LogP contribution in [0.2, 0.25) is 0 Å². The number of hydrogen-bond acceptors (Lipinski definition) is 2. The minimum atomic E-state index is -1.06. The number of aryl methyl sites for hydroxylation is 1. The van der Waals surface area contributed by atoms with Gasteiger partial charge in [0.1, 0.15) is 11.5 Å². The van der Waals surface area contributed by atoms with Crippen molar-refractivity contribution in [1.82, 2.24) is 9.78 Å². The highest BCUT2D eigenvalue weighted by atomic mass is 19.1. The van der Waals surface area contributed by atoms with Gasteiger partial charge in [0.2, 0.25) is 0 Å². The number of aromatic nitrogens is 2. The van der Waals surface area contributed by atoms with Gasteiger partial charge in [-0.3, -0.25) is 4.68 Å². The van der Waals surface area contributed by atoms with E-state index in [-0.39, 0.29) is 11.5 Å². The number of hydrogen-bond donors (Lipinski definition) is 1. The SMILES string of the molecule is Cc1c(F)cccc1-c1cc(C(=O)O)n(C)n1. The molecule has 4 nitrogen and oxygen atoms in total. The zero-order valence-electron chi connectivity index (χ0n) is 9.44. The van der Waals surface area contributed by atoms with E-state index in [1.165, 1.54) is 16.8 Å². The Hall–Kier alpha value is -2.17. The molecule has 2 rings (SSSR count). The third-order valence-electron chi connectivity index (χ3n) is 2.64. The summed E-state index contributed by atoms with van der Waals surface area (Å²) in [6.07, 6.45) is 0. The van der Waals surface area contributed by atoms with Gasteiger partial charge in [-0.25, -0.2) is 9.18 Å². The summed E-state index contributed by atoms with van der Waals surface area (Å²) in [7, 11) is 1.54. The van der Waals surface area contributed by atoms with Crippen molar-refractivity contribution in [2.45, 2.75) is 6.92 Å². The van der Waals surface area contributed by atoms with Gasteiger partial charge in [0.25, 0.3) is 0 Å². The summed E-state index contributed by atoms with van der Waals surface area (Å²) in [5.41, 5.74) is 1.60. The number of benzene rings is 1. The van der Waals surface area contributed by atoms with Crippen LogP contribution < -0.4 is 0 Å². The lowest BCUT2D eigenvalue weighted by atomic mass is 10.1. The largest absolute Gasteiger partial charge is 0.477 e. The molecule has 0 bridgehead atoms. The van der Waals surface area contributed by atoms with Crippen molar-refractivity contribution in [2.24, 2.45) is 7.05 Å². The molecule has 0 saturated heterocycles. The van der Waals surface area contributed by atoms with Gasteiger partial charge in [-0.05, 0) is 24.6 Å². The summed E-state index contributed by atoms with van der Waals surface area (Å²) in [5, 5.41) is 13.0. The second kappa shape index (κ2) is 4.01. The van der Waals surface area contributed by atoms with Crippen molar-refractivity contribution >= 4 is 5.97 Å². The van der Waals surface area contributed by atoms with Gasteiger partial charge in [-0.2, -0.15) is 5.10 Å². The van der Waals surface area contributed by atoms with Crippen molar-refractivity contribution in [3.63, 3.8) is 0 Å². The Morgan fingerprint density at radius 1 is 1.47 bits per heavy atom. The zero-order valence-corrected chi connectivity index (χ0v) is 9.44. The third kappa shape index (κ3) is 1.91. The number of nitrogens with zero attached hydrogens (tertiary/aromatic N) is 2. The molecule has 0 amide bonds. The molecule has 0 aliphatic heterocycles. The lowest BCUT2D eigenvalue weighted by molar-refractivity contribution is 0.0685. The first-order valence-corrected chi connectivity index (χ1v) is 5.03. The monoisotopic (exact) mass is 234 g/mol. The maximum Gasteiger partial charge on any atom is 0.354 e. The van der Waals surface area contributed by atoms with Gasteiger partial charge in [0.15, 0.2) is 0 Å². The number of carboxylic acid groups (broad SMARTS) is 1. The first-order valence-electron chi connectivity index (χ1n) is 5.03. The molecule has 1 heterocycles. The molecular weight excluding hydrogens is 223 g/mol. The van der Waals surface area contributed by atoms with Crippen LogP contribution in [-0.2, 0) is 7.05 Å². The quantitative estimate of drug-likeness (QED) is 0.866. The molecule has 0 aliphatic carbocycles. The summed E-state index contributed by atoms with van der Waals surface area (Å²) in [6, 6.07) is 6.09. The normalized spacial score (nSPS) is 10.5. The van der Waals surface area contributed by atoms with Gasteiger partial charge in [-0.15, -0.1) is 0 Å². The van der Waals surface area contributed by atoms with E-state index < -0.39 is 5.97 Å². The average molecular weight is 234 g/mol. The highest BCUT2D eigenvalue weighted by molar-refractivity contribution is 5.87. The third-order valence-corrected chi connectivity index (χ3v) is 2.64. The van der Waals surface area contributed by atoms with Crippen LogP contribution in [0.4, 0.5) is 4.39 Å². The Bertz CT molecular complexity index is 590. The molecule has 5 heteroatoms. The van der Waals surface area contributed by atoms with E-state index in [9.17, 15) is 9.18 Å². The fraction of sp³-hybridized carbons (Fsp3) is 0.167. The molecule has 1 aromatic carbocycles. The molecule has 0 unspecified atom stereocenters. The Balaban J connectivity index is 2.58. The predicted octanol–water partition coefficient (Wildman–Crippen LogP) is 2.23. The van der Waals surface area contributed by atoms with Crippen LogP contribution in [0.5, 0.6) is 0 Å². The molecule has 0 saturated carbocycles. The smallest absolute Gasteiger partial charge is 0.354 e. The molecule has 88 valence electrons. The molecule has 0 aliphatic rings. The van der Waals surface area contributed by atoms with E-state index in [0.29, 0.717) is 16.8 Å². The molecule has 17 heavy (non-hydrogen) atoms. The standard InChI is InChI=1S/C12H11FN2O2/c1-7-8(4-3-5-9(7)13)10-6-11(12(16)17)15(2)14-10/h3-6H,1-2H3,(H,16,17). The van der Waals surface area contributed by atoms with Crippen LogP contribution in [0.1, 0.15) is 16.1 Å². The first-order chi connectivity index (χ1) is 8.00. The van der Waals surface area contributed by atoms with E-state index in [1.807, 2.05) is 0 Å². The van der Waals surface area contributed by atoms with Crippen LogP contribution in [0.25, 0.3) is 11.3 Å². The van der Waals surface area contributed by atoms with Crippen molar-refractivity contribution in [2.75, 3.05) is 0 Å². The van der Waals surface area contributed by atoms with E-state index in [1.54, 1.807) is 26.1 Å². The Morgan fingerprint density at radius 2 is 2.18 bits per heavy atom. The molecule has 0 atom stereocenters. The van der Waals surface area contributed by atoms with E-state index in [4.69, 9.17) is 5.11 Å². The molecule has 2 aromatic rings. The lowest BCUT2D eigenvalue weighted by Crippen LogP contribution is -2.04. The fourth-order valence-electron chi connectivity index (χ4n) is 1.68. The maximum absolute atomic E-state index is 13.4. The van der Waals surface area contributed by atoms with Crippen LogP contribution in [0.15, 0.2) is 24.3 Å². The lowest BCUT2D eigenvalue weighted by Gasteiger charge is -2.02. The molecule has 1 aromatic heterocycles. The topological polar surface area (TPSA) is 55.1 Å². The Morgan fingerprint density at radius 3 is 2.76 bits per heavy atom. The maximum atomic E-state index is 13.4. The minimum absolute atomic E-state index is 0.0728. The van der Waals surface area contributed by atoms with Crippen molar-refractivity contribution in [1.29, 1.82) is 0 Å². The highest BCUT2D eigenvalue weighted by Crippen LogP contribution is 2.24. The molecular formula is C12H11FN2O2. The summed E-state index contributed by atoms with van der Waals surface area (Å²) in [4.78, 5) is 10.9. The van der Waals surface area contributed by atoms with Crippen molar-refractivity contribution in [3.8, 4) is 11.3 Å². The number of aromatic carboxylic acids is 1. The molecule has 0 fully saturated rings. The van der Waals surface area contributed by atoms with Crippen LogP contribution in [-0.4, -0.2) is 20.9 Å². The van der Waals surface area contributed by atoms with E-state index >= 15 is 0 Å². The number of halogens is 1. The highest BCUT2D eigenvalue weighted by Gasteiger charge is 2.15. The number of carboxylic acids is 1. The van der Waals surface area contributed by atoms with E-state index in [2.05, 4.69) is 5.10 Å².